The third-order valence-electron chi connectivity index (χ3n) is 6.03. The van der Waals surface area contributed by atoms with Crippen molar-refractivity contribution in [2.24, 2.45) is 5.10 Å². The van der Waals surface area contributed by atoms with Gasteiger partial charge in [-0.3, -0.25) is 15.0 Å². The van der Waals surface area contributed by atoms with E-state index in [9.17, 15) is 9.59 Å². The molecule has 1 aromatic carbocycles. The van der Waals surface area contributed by atoms with Crippen molar-refractivity contribution in [2.45, 2.75) is 64.7 Å². The number of hydrogen-bond acceptors (Lipinski definition) is 5. The lowest BCUT2D eigenvalue weighted by atomic mass is 9.85. The van der Waals surface area contributed by atoms with Crippen LogP contribution in [0.5, 0.6) is 0 Å². The van der Waals surface area contributed by atoms with Gasteiger partial charge in [0.05, 0.1) is 12.1 Å². The number of carbonyl (C=O) groups excluding carboxylic acids is 2. The van der Waals surface area contributed by atoms with Gasteiger partial charge in [-0.05, 0) is 44.7 Å². The van der Waals surface area contributed by atoms with E-state index in [2.05, 4.69) is 20.7 Å². The Balaban J connectivity index is 1.54. The Morgan fingerprint density at radius 2 is 1.85 bits per heavy atom. The number of hydrazone groups is 1. The van der Waals surface area contributed by atoms with E-state index in [-0.39, 0.29) is 30.4 Å². The van der Waals surface area contributed by atoms with Gasteiger partial charge in [0.25, 0.3) is 5.91 Å². The lowest BCUT2D eigenvalue weighted by Crippen LogP contribution is -2.69. The maximum Gasteiger partial charge on any atom is 0.268 e. The van der Waals surface area contributed by atoms with E-state index in [1.54, 1.807) is 4.90 Å². The van der Waals surface area contributed by atoms with Gasteiger partial charge in [0.2, 0.25) is 5.91 Å². The minimum atomic E-state index is -0.475. The second kappa shape index (κ2) is 6.87. The fourth-order valence-electron chi connectivity index (χ4n) is 4.71. The molecule has 0 aromatic heterocycles. The van der Waals surface area contributed by atoms with Crippen LogP contribution in [0.4, 0.5) is 5.69 Å². The number of fused-ring (bicyclic) bond motifs is 3. The molecule has 7 nitrogen and oxygen atoms in total. The summed E-state index contributed by atoms with van der Waals surface area (Å²) in [5.74, 6) is 0.662. The van der Waals surface area contributed by atoms with Gasteiger partial charge >= 0.3 is 0 Å². The molecule has 0 spiro atoms. The Bertz CT molecular complexity index is 785. The minimum absolute atomic E-state index is 0.0598. The van der Waals surface area contributed by atoms with Crippen molar-refractivity contribution in [1.29, 1.82) is 0 Å². The molecule has 2 fully saturated rings. The summed E-state index contributed by atoms with van der Waals surface area (Å²) in [5, 5.41) is 7.29. The fourth-order valence-corrected chi connectivity index (χ4v) is 4.71. The molecular weight excluding hydrogens is 342 g/mol. The summed E-state index contributed by atoms with van der Waals surface area (Å²) in [6.45, 7) is 5.98. The molecule has 2 heterocycles. The number of amides is 2. The number of carbonyl (C=O) groups is 2. The number of anilines is 1. The maximum absolute atomic E-state index is 13.1. The summed E-state index contributed by atoms with van der Waals surface area (Å²) in [4.78, 5) is 29.8. The molecule has 27 heavy (non-hydrogen) atoms. The standard InChI is InChI=1S/C20H27N5O2/c1-12-7-6-8-13(2)18(12)21-17(26)11-24-15-9-4-5-10-16(15)25-14(3)22-23-19(25)20(24)27/h6-8,15-16,19,23H,4-5,9-11H2,1-3H3,(H,21,26). The number of hydrogen-bond donors (Lipinski definition) is 2. The van der Waals surface area contributed by atoms with Crippen molar-refractivity contribution in [3.8, 4) is 0 Å². The summed E-state index contributed by atoms with van der Waals surface area (Å²) in [5.41, 5.74) is 5.84. The Labute approximate surface area is 159 Å². The number of nitrogens with zero attached hydrogens (tertiary/aromatic N) is 3. The van der Waals surface area contributed by atoms with E-state index in [1.807, 2.05) is 39.0 Å². The predicted octanol–water partition coefficient (Wildman–Crippen LogP) is 1.96. The van der Waals surface area contributed by atoms with Gasteiger partial charge in [0.1, 0.15) is 12.4 Å². The lowest BCUT2D eigenvalue weighted by molar-refractivity contribution is -0.151. The molecule has 3 aliphatic rings. The van der Waals surface area contributed by atoms with Crippen molar-refractivity contribution in [2.75, 3.05) is 11.9 Å². The van der Waals surface area contributed by atoms with Crippen LogP contribution in [0.25, 0.3) is 0 Å². The van der Waals surface area contributed by atoms with Crippen LogP contribution in [0.1, 0.15) is 43.7 Å². The molecule has 7 heteroatoms. The monoisotopic (exact) mass is 369 g/mol. The molecule has 1 saturated carbocycles. The van der Waals surface area contributed by atoms with Crippen LogP contribution in [0, 0.1) is 13.8 Å². The summed E-state index contributed by atoms with van der Waals surface area (Å²) in [7, 11) is 0. The number of nitrogens with one attached hydrogen (secondary N) is 2. The van der Waals surface area contributed by atoms with E-state index < -0.39 is 6.17 Å². The summed E-state index contributed by atoms with van der Waals surface area (Å²) >= 11 is 0. The van der Waals surface area contributed by atoms with Crippen LogP contribution in [-0.4, -0.2) is 52.2 Å². The highest BCUT2D eigenvalue weighted by Crippen LogP contribution is 2.34. The zero-order valence-electron chi connectivity index (χ0n) is 16.2. The number of rotatable bonds is 3. The van der Waals surface area contributed by atoms with Crippen LogP contribution in [0.2, 0.25) is 0 Å². The van der Waals surface area contributed by atoms with E-state index in [0.29, 0.717) is 0 Å². The Morgan fingerprint density at radius 3 is 2.56 bits per heavy atom. The van der Waals surface area contributed by atoms with E-state index in [0.717, 1.165) is 48.3 Å². The second-order valence-electron chi connectivity index (χ2n) is 7.80. The Kier molecular flexibility index (Phi) is 4.53. The number of benzene rings is 1. The highest BCUT2D eigenvalue weighted by atomic mass is 16.2. The number of para-hydroxylation sites is 1. The topological polar surface area (TPSA) is 77.0 Å². The molecule has 2 aliphatic heterocycles. The third kappa shape index (κ3) is 3.05. The Hall–Kier alpha value is -2.57. The average Bonchev–Trinajstić information content (AvgIpc) is 3.04. The van der Waals surface area contributed by atoms with E-state index in [1.165, 1.54) is 0 Å². The average molecular weight is 369 g/mol. The van der Waals surface area contributed by atoms with Crippen LogP contribution >= 0.6 is 0 Å². The lowest BCUT2D eigenvalue weighted by Gasteiger charge is -2.50. The molecule has 4 rings (SSSR count). The van der Waals surface area contributed by atoms with Crippen LogP contribution in [0.3, 0.4) is 0 Å². The molecule has 1 saturated heterocycles. The summed E-state index contributed by atoms with van der Waals surface area (Å²) in [6, 6.07) is 6.23. The number of aryl methyl sites for hydroxylation is 2. The molecule has 0 radical (unpaired) electrons. The third-order valence-corrected chi connectivity index (χ3v) is 6.03. The molecule has 3 atom stereocenters. The van der Waals surface area contributed by atoms with Gasteiger partial charge in [-0.1, -0.05) is 31.0 Å². The fraction of sp³-hybridized carbons (Fsp3) is 0.550. The quantitative estimate of drug-likeness (QED) is 0.854. The zero-order chi connectivity index (χ0) is 19.1. The minimum Gasteiger partial charge on any atom is -0.325 e. The molecule has 2 N–H and O–H groups in total. The van der Waals surface area contributed by atoms with Crippen molar-refractivity contribution in [3.05, 3.63) is 29.3 Å². The van der Waals surface area contributed by atoms with Gasteiger partial charge in [-0.15, -0.1) is 0 Å². The van der Waals surface area contributed by atoms with Crippen molar-refractivity contribution >= 4 is 23.3 Å². The highest BCUT2D eigenvalue weighted by Gasteiger charge is 2.50. The van der Waals surface area contributed by atoms with Gasteiger partial charge in [0, 0.05) is 5.69 Å². The maximum atomic E-state index is 13.1. The van der Waals surface area contributed by atoms with Gasteiger partial charge < -0.3 is 15.1 Å². The summed E-state index contributed by atoms with van der Waals surface area (Å²) < 4.78 is 0. The highest BCUT2D eigenvalue weighted by molar-refractivity contribution is 5.98. The van der Waals surface area contributed by atoms with Crippen LogP contribution in [-0.2, 0) is 9.59 Å². The first kappa shape index (κ1) is 17.8. The van der Waals surface area contributed by atoms with Crippen molar-refractivity contribution in [1.82, 2.24) is 15.2 Å². The normalized spacial score (nSPS) is 26.9. The molecular formula is C20H27N5O2. The molecule has 1 aromatic rings. The predicted molar refractivity (Wildman–Crippen MR) is 104 cm³/mol. The summed E-state index contributed by atoms with van der Waals surface area (Å²) in [6.07, 6.45) is 3.72. The van der Waals surface area contributed by atoms with Gasteiger partial charge in [-0.25, -0.2) is 0 Å². The van der Waals surface area contributed by atoms with Crippen LogP contribution in [0.15, 0.2) is 23.3 Å². The smallest absolute Gasteiger partial charge is 0.268 e. The number of amidine groups is 1. The second-order valence-corrected chi connectivity index (χ2v) is 7.80. The molecule has 144 valence electrons. The SMILES string of the molecule is CC1=NNC2C(=O)N(CC(=O)Nc3c(C)cccc3C)C3CCCCC3N12. The molecule has 1 aliphatic carbocycles. The zero-order valence-corrected chi connectivity index (χ0v) is 16.2. The van der Waals surface area contributed by atoms with Crippen molar-refractivity contribution in [3.63, 3.8) is 0 Å². The first-order chi connectivity index (χ1) is 13.0. The molecule has 2 amide bonds. The first-order valence-corrected chi connectivity index (χ1v) is 9.72. The van der Waals surface area contributed by atoms with Gasteiger partial charge in [0.15, 0.2) is 6.17 Å². The first-order valence-electron chi connectivity index (χ1n) is 9.72. The number of piperazine rings is 1. The Morgan fingerprint density at radius 1 is 1.19 bits per heavy atom. The van der Waals surface area contributed by atoms with E-state index >= 15 is 0 Å². The van der Waals surface area contributed by atoms with Crippen molar-refractivity contribution < 1.29 is 9.59 Å². The van der Waals surface area contributed by atoms with Crippen LogP contribution < -0.4 is 10.7 Å². The largest absolute Gasteiger partial charge is 0.325 e. The van der Waals surface area contributed by atoms with Gasteiger partial charge in [-0.2, -0.15) is 5.10 Å². The van der Waals surface area contributed by atoms with E-state index in [4.69, 9.17) is 0 Å². The molecule has 0 bridgehead atoms. The molecule has 3 unspecified atom stereocenters.